The molecule has 7 nitrogen and oxygen atoms in total. The van der Waals surface area contributed by atoms with Crippen molar-refractivity contribution in [2.75, 3.05) is 33.8 Å². The summed E-state index contributed by atoms with van der Waals surface area (Å²) in [5.74, 6) is 0.300. The molecule has 20 heavy (non-hydrogen) atoms. The summed E-state index contributed by atoms with van der Waals surface area (Å²) in [4.78, 5) is 11.5. The lowest BCUT2D eigenvalue weighted by Crippen LogP contribution is -2.41. The monoisotopic (exact) mass is 301 g/mol. The molecule has 1 aromatic rings. The number of nitrogens with zero attached hydrogens (tertiary/aromatic N) is 1. The van der Waals surface area contributed by atoms with Crippen molar-refractivity contribution in [1.82, 2.24) is 14.3 Å². The Balaban J connectivity index is 2.18. The maximum atomic E-state index is 11.5. The summed E-state index contributed by atoms with van der Waals surface area (Å²) in [7, 11) is -0.600. The molecule has 0 aliphatic carbocycles. The van der Waals surface area contributed by atoms with Gasteiger partial charge < -0.3 is 10.1 Å². The van der Waals surface area contributed by atoms with Gasteiger partial charge in [-0.25, -0.2) is 4.72 Å². The van der Waals surface area contributed by atoms with E-state index < -0.39 is 10.2 Å². The second-order valence-electron chi connectivity index (χ2n) is 4.13. The van der Waals surface area contributed by atoms with Gasteiger partial charge in [-0.1, -0.05) is 18.2 Å². The fourth-order valence-electron chi connectivity index (χ4n) is 1.23. The molecule has 8 heteroatoms. The van der Waals surface area contributed by atoms with Gasteiger partial charge in [-0.2, -0.15) is 12.7 Å². The number of ether oxygens (including phenoxy) is 1. The highest BCUT2D eigenvalue weighted by Crippen LogP contribution is 2.07. The van der Waals surface area contributed by atoms with Crippen LogP contribution in [0.15, 0.2) is 30.3 Å². The normalized spacial score (nSPS) is 11.3. The van der Waals surface area contributed by atoms with Crippen LogP contribution in [0.25, 0.3) is 0 Å². The number of hydrogen-bond donors (Lipinski definition) is 2. The van der Waals surface area contributed by atoms with Gasteiger partial charge in [0.25, 0.3) is 16.1 Å². The highest BCUT2D eigenvalue weighted by Gasteiger charge is 2.11. The van der Waals surface area contributed by atoms with Gasteiger partial charge in [-0.3, -0.25) is 4.79 Å². The van der Waals surface area contributed by atoms with E-state index >= 15 is 0 Å². The SMILES string of the molecule is CN(C)S(=O)(=O)NCCNC(=O)COc1ccccc1. The molecule has 1 amide bonds. The Bertz CT molecular complexity index is 517. The molecule has 0 saturated heterocycles. The van der Waals surface area contributed by atoms with Crippen LogP contribution in [0.4, 0.5) is 0 Å². The van der Waals surface area contributed by atoms with Gasteiger partial charge >= 0.3 is 0 Å². The number of rotatable bonds is 8. The van der Waals surface area contributed by atoms with Gasteiger partial charge in [0, 0.05) is 27.2 Å². The third-order valence-electron chi connectivity index (χ3n) is 2.33. The highest BCUT2D eigenvalue weighted by molar-refractivity contribution is 7.87. The summed E-state index contributed by atoms with van der Waals surface area (Å²) >= 11 is 0. The molecule has 0 aliphatic heterocycles. The summed E-state index contributed by atoms with van der Waals surface area (Å²) < 4.78 is 31.4. The van der Waals surface area contributed by atoms with E-state index in [1.54, 1.807) is 12.1 Å². The molecule has 0 saturated carbocycles. The van der Waals surface area contributed by atoms with Gasteiger partial charge in [0.05, 0.1) is 0 Å². The maximum absolute atomic E-state index is 11.5. The molecule has 0 fully saturated rings. The fraction of sp³-hybridized carbons (Fsp3) is 0.417. The zero-order valence-electron chi connectivity index (χ0n) is 11.5. The van der Waals surface area contributed by atoms with Gasteiger partial charge in [0.2, 0.25) is 0 Å². The molecule has 0 aromatic heterocycles. The predicted molar refractivity (Wildman–Crippen MR) is 75.6 cm³/mol. The Morgan fingerprint density at radius 2 is 1.85 bits per heavy atom. The fourth-order valence-corrected chi connectivity index (χ4v) is 1.85. The quantitative estimate of drug-likeness (QED) is 0.638. The van der Waals surface area contributed by atoms with Crippen LogP contribution in [0, 0.1) is 0 Å². The van der Waals surface area contributed by atoms with Crippen molar-refractivity contribution in [2.24, 2.45) is 0 Å². The molecule has 0 radical (unpaired) electrons. The molecular weight excluding hydrogens is 282 g/mol. The van der Waals surface area contributed by atoms with Crippen LogP contribution in [0.2, 0.25) is 0 Å². The van der Waals surface area contributed by atoms with Crippen LogP contribution in [0.3, 0.4) is 0 Å². The van der Waals surface area contributed by atoms with Crippen molar-refractivity contribution >= 4 is 16.1 Å². The molecule has 0 heterocycles. The second kappa shape index (κ2) is 7.83. The summed E-state index contributed by atoms with van der Waals surface area (Å²) in [6.07, 6.45) is 0. The molecule has 112 valence electrons. The molecule has 0 bridgehead atoms. The number of carbonyl (C=O) groups excluding carboxylic acids is 1. The van der Waals surface area contributed by atoms with Crippen molar-refractivity contribution in [3.63, 3.8) is 0 Å². The van der Waals surface area contributed by atoms with Crippen LogP contribution in [0.5, 0.6) is 5.75 Å². The van der Waals surface area contributed by atoms with Crippen LogP contribution in [-0.2, 0) is 15.0 Å². The van der Waals surface area contributed by atoms with Gasteiger partial charge in [0.15, 0.2) is 6.61 Å². The minimum absolute atomic E-state index is 0.107. The van der Waals surface area contributed by atoms with Crippen LogP contribution >= 0.6 is 0 Å². The molecule has 0 atom stereocenters. The number of amides is 1. The van der Waals surface area contributed by atoms with E-state index in [9.17, 15) is 13.2 Å². The van der Waals surface area contributed by atoms with E-state index in [1.165, 1.54) is 14.1 Å². The first-order valence-electron chi connectivity index (χ1n) is 6.03. The molecule has 0 spiro atoms. The number of para-hydroxylation sites is 1. The largest absolute Gasteiger partial charge is 0.484 e. The van der Waals surface area contributed by atoms with Crippen molar-refractivity contribution in [3.8, 4) is 5.75 Å². The minimum Gasteiger partial charge on any atom is -0.484 e. The Kier molecular flexibility index (Phi) is 6.43. The first-order chi connectivity index (χ1) is 9.42. The average Bonchev–Trinajstić information content (AvgIpc) is 2.42. The molecule has 1 aromatic carbocycles. The smallest absolute Gasteiger partial charge is 0.278 e. The first kappa shape index (κ1) is 16.4. The summed E-state index contributed by atoms with van der Waals surface area (Å²) in [6.45, 7) is 0.214. The number of carbonyl (C=O) groups is 1. The Hall–Kier alpha value is -1.64. The molecular formula is C12H19N3O4S. The van der Waals surface area contributed by atoms with E-state index in [4.69, 9.17) is 4.74 Å². The Labute approximate surface area is 119 Å². The van der Waals surface area contributed by atoms with Gasteiger partial charge in [-0.15, -0.1) is 0 Å². The number of nitrogens with one attached hydrogen (secondary N) is 2. The van der Waals surface area contributed by atoms with Crippen molar-refractivity contribution in [1.29, 1.82) is 0 Å². The third-order valence-corrected chi connectivity index (χ3v) is 3.86. The minimum atomic E-state index is -3.45. The molecule has 0 unspecified atom stereocenters. The predicted octanol–water partition coefficient (Wildman–Crippen LogP) is -0.422. The van der Waals surface area contributed by atoms with E-state index in [0.29, 0.717) is 5.75 Å². The standard InChI is InChI=1S/C12H19N3O4S/c1-15(2)20(17,18)14-9-8-13-12(16)10-19-11-6-4-3-5-7-11/h3-7,14H,8-10H2,1-2H3,(H,13,16). The molecule has 0 aliphatic rings. The topological polar surface area (TPSA) is 87.7 Å². The van der Waals surface area contributed by atoms with E-state index in [1.807, 2.05) is 18.2 Å². The zero-order valence-corrected chi connectivity index (χ0v) is 12.3. The van der Waals surface area contributed by atoms with Crippen molar-refractivity contribution in [3.05, 3.63) is 30.3 Å². The van der Waals surface area contributed by atoms with Gasteiger partial charge in [0.1, 0.15) is 5.75 Å². The van der Waals surface area contributed by atoms with E-state index in [0.717, 1.165) is 4.31 Å². The van der Waals surface area contributed by atoms with Crippen LogP contribution in [-0.4, -0.2) is 52.4 Å². The number of hydrogen-bond acceptors (Lipinski definition) is 4. The lowest BCUT2D eigenvalue weighted by molar-refractivity contribution is -0.123. The lowest BCUT2D eigenvalue weighted by Gasteiger charge is -2.12. The van der Waals surface area contributed by atoms with Gasteiger partial charge in [-0.05, 0) is 12.1 Å². The molecule has 2 N–H and O–H groups in total. The summed E-state index contributed by atoms with van der Waals surface area (Å²) in [5.41, 5.74) is 0. The van der Waals surface area contributed by atoms with Crippen LogP contribution < -0.4 is 14.8 Å². The van der Waals surface area contributed by atoms with E-state index in [-0.39, 0.29) is 25.6 Å². The molecule has 1 rings (SSSR count). The van der Waals surface area contributed by atoms with E-state index in [2.05, 4.69) is 10.0 Å². The Morgan fingerprint density at radius 3 is 2.45 bits per heavy atom. The van der Waals surface area contributed by atoms with Crippen molar-refractivity contribution in [2.45, 2.75) is 0 Å². The maximum Gasteiger partial charge on any atom is 0.278 e. The third kappa shape index (κ3) is 6.00. The number of benzene rings is 1. The average molecular weight is 301 g/mol. The highest BCUT2D eigenvalue weighted by atomic mass is 32.2. The Morgan fingerprint density at radius 1 is 1.20 bits per heavy atom. The summed E-state index contributed by atoms with van der Waals surface area (Å²) in [5, 5.41) is 2.56. The summed E-state index contributed by atoms with van der Waals surface area (Å²) in [6, 6.07) is 8.97. The van der Waals surface area contributed by atoms with Crippen molar-refractivity contribution < 1.29 is 17.9 Å². The second-order valence-corrected chi connectivity index (χ2v) is 6.10. The lowest BCUT2D eigenvalue weighted by atomic mass is 10.3. The van der Waals surface area contributed by atoms with Crippen LogP contribution in [0.1, 0.15) is 0 Å². The zero-order chi connectivity index (χ0) is 15.0. The first-order valence-corrected chi connectivity index (χ1v) is 7.47.